The molecule has 3 N–H and O–H groups in total. The molecule has 0 saturated carbocycles. The van der Waals surface area contributed by atoms with Crippen molar-refractivity contribution in [1.29, 1.82) is 0 Å². The Labute approximate surface area is 309 Å². The number of hydrogen-bond acceptors (Lipinski definition) is 11. The van der Waals surface area contributed by atoms with Gasteiger partial charge in [-0.05, 0) is 86.3 Å². The van der Waals surface area contributed by atoms with Crippen molar-refractivity contribution in [2.75, 3.05) is 24.7 Å². The molecule has 282 valence electrons. The third-order valence-corrected chi connectivity index (χ3v) is 8.37. The fourth-order valence-corrected chi connectivity index (χ4v) is 5.59. The molecule has 0 fully saturated rings. The van der Waals surface area contributed by atoms with Crippen LogP contribution in [0.4, 0.5) is 11.6 Å². The van der Waals surface area contributed by atoms with E-state index in [1.54, 1.807) is 12.4 Å². The van der Waals surface area contributed by atoms with E-state index in [0.717, 1.165) is 73.5 Å². The van der Waals surface area contributed by atoms with Crippen molar-refractivity contribution in [2.45, 2.75) is 111 Å². The lowest BCUT2D eigenvalue weighted by atomic mass is 9.91. The van der Waals surface area contributed by atoms with Gasteiger partial charge in [0.25, 0.3) is 0 Å². The van der Waals surface area contributed by atoms with Gasteiger partial charge in [0.1, 0.15) is 35.9 Å². The number of carboxylic acid groups (broad SMARTS) is 1. The molecule has 2 atom stereocenters. The van der Waals surface area contributed by atoms with Crippen LogP contribution in [0.2, 0.25) is 0 Å². The van der Waals surface area contributed by atoms with Crippen LogP contribution in [-0.4, -0.2) is 66.6 Å². The Bertz CT molecular complexity index is 1590. The van der Waals surface area contributed by atoms with Crippen molar-refractivity contribution in [3.05, 3.63) is 96.4 Å². The molecule has 12 heteroatoms. The third-order valence-electron chi connectivity index (χ3n) is 8.37. The topological polar surface area (TPSA) is 173 Å². The number of unbranched alkanes of at least 4 members (excludes halogenated alkanes) is 2. The molecule has 0 radical (unpaired) electrons. The van der Waals surface area contributed by atoms with Gasteiger partial charge in [0.15, 0.2) is 0 Å². The highest BCUT2D eigenvalue weighted by molar-refractivity contribution is 5.80. The monoisotopic (exact) mass is 714 g/mol. The maximum atomic E-state index is 12.3. The lowest BCUT2D eigenvalue weighted by molar-refractivity contribution is -0.137. The average molecular weight is 715 g/mol. The number of nitrogens with zero attached hydrogens (tertiary/aromatic N) is 6. The van der Waals surface area contributed by atoms with E-state index in [4.69, 9.17) is 5.11 Å². The minimum atomic E-state index is -0.929. The number of ketones is 2. The predicted molar refractivity (Wildman–Crippen MR) is 207 cm³/mol. The normalized spacial score (nSPS) is 11.4. The first-order valence-corrected chi connectivity index (χ1v) is 17.3. The quantitative estimate of drug-likeness (QED) is 0.0714. The number of aromatic nitrogens is 6. The van der Waals surface area contributed by atoms with Gasteiger partial charge >= 0.3 is 5.97 Å². The van der Waals surface area contributed by atoms with Gasteiger partial charge < -0.3 is 15.7 Å². The summed E-state index contributed by atoms with van der Waals surface area (Å²) >= 11 is 0. The number of carboxylic acids is 1. The summed E-state index contributed by atoms with van der Waals surface area (Å²) in [5, 5.41) is 15.1. The molecule has 52 heavy (non-hydrogen) atoms. The molecule has 4 rings (SSSR count). The Morgan fingerprint density at radius 2 is 1.06 bits per heavy atom. The van der Waals surface area contributed by atoms with E-state index in [0.29, 0.717) is 30.6 Å². The zero-order valence-corrected chi connectivity index (χ0v) is 29.4. The zero-order valence-electron chi connectivity index (χ0n) is 29.4. The molecule has 0 aliphatic carbocycles. The SMILES string of the molecule is C.C.CCC(CC(=O)CCCCc1cccc(NC)n1)c1cncnc1.CNc1cccc(CCCCC(=O)CC(CC(=O)O)c2cncnc2)n1. The molecular weight excluding hydrogens is 656 g/mol. The highest BCUT2D eigenvalue weighted by Gasteiger charge is 2.20. The summed E-state index contributed by atoms with van der Waals surface area (Å²) in [6.07, 6.45) is 17.6. The van der Waals surface area contributed by atoms with Crippen molar-refractivity contribution < 1.29 is 19.5 Å². The second kappa shape index (κ2) is 25.8. The first-order chi connectivity index (χ1) is 24.3. The number of aryl methyl sites for hydroxylation is 2. The van der Waals surface area contributed by atoms with Gasteiger partial charge in [0.05, 0.1) is 6.42 Å². The fourth-order valence-electron chi connectivity index (χ4n) is 5.59. The fraction of sp³-hybridized carbons (Fsp3) is 0.475. The summed E-state index contributed by atoms with van der Waals surface area (Å²) in [4.78, 5) is 60.4. The summed E-state index contributed by atoms with van der Waals surface area (Å²) in [5.41, 5.74) is 3.81. The molecule has 0 saturated heterocycles. The molecule has 4 heterocycles. The number of anilines is 2. The molecule has 12 nitrogen and oxygen atoms in total. The van der Waals surface area contributed by atoms with Gasteiger partial charge in [-0.2, -0.15) is 0 Å². The Morgan fingerprint density at radius 1 is 0.635 bits per heavy atom. The van der Waals surface area contributed by atoms with Crippen molar-refractivity contribution >= 4 is 29.2 Å². The van der Waals surface area contributed by atoms with E-state index < -0.39 is 5.97 Å². The minimum Gasteiger partial charge on any atom is -0.481 e. The number of Topliss-reactive ketones (excluding diaryl/α,β-unsaturated/α-hetero) is 2. The smallest absolute Gasteiger partial charge is 0.303 e. The van der Waals surface area contributed by atoms with Crippen LogP contribution in [-0.2, 0) is 27.2 Å². The third kappa shape index (κ3) is 17.2. The number of carbonyl (C=O) groups is 3. The Kier molecular flexibility index (Phi) is 22.2. The van der Waals surface area contributed by atoms with E-state index in [1.165, 1.54) is 12.7 Å². The largest absolute Gasteiger partial charge is 0.481 e. The molecular formula is C40H58N8O4. The first-order valence-electron chi connectivity index (χ1n) is 17.3. The van der Waals surface area contributed by atoms with Gasteiger partial charge in [-0.15, -0.1) is 0 Å². The highest BCUT2D eigenvalue weighted by atomic mass is 16.4. The second-order valence-corrected chi connectivity index (χ2v) is 12.2. The summed E-state index contributed by atoms with van der Waals surface area (Å²) in [5.74, 6) is 1.03. The van der Waals surface area contributed by atoms with Crippen molar-refractivity contribution in [1.82, 2.24) is 29.9 Å². The maximum Gasteiger partial charge on any atom is 0.303 e. The number of carbonyl (C=O) groups excluding carboxylic acids is 2. The van der Waals surface area contributed by atoms with Crippen LogP contribution in [0.25, 0.3) is 0 Å². The highest BCUT2D eigenvalue weighted by Crippen LogP contribution is 2.25. The van der Waals surface area contributed by atoms with Gasteiger partial charge in [0, 0.05) is 81.9 Å². The Hall–Kier alpha value is -5.13. The van der Waals surface area contributed by atoms with Crippen LogP contribution in [0, 0.1) is 0 Å². The zero-order chi connectivity index (χ0) is 36.0. The molecule has 0 aliphatic heterocycles. The number of nitrogens with one attached hydrogen (secondary N) is 2. The number of rotatable bonds is 21. The van der Waals surface area contributed by atoms with Gasteiger partial charge in [-0.1, -0.05) is 33.9 Å². The Balaban J connectivity index is 0.000000502. The van der Waals surface area contributed by atoms with Crippen LogP contribution in [0.1, 0.15) is 120 Å². The summed E-state index contributed by atoms with van der Waals surface area (Å²) in [6, 6.07) is 11.8. The lowest BCUT2D eigenvalue weighted by Gasteiger charge is -2.13. The Morgan fingerprint density at radius 3 is 1.46 bits per heavy atom. The van der Waals surface area contributed by atoms with E-state index in [-0.39, 0.29) is 45.3 Å². The van der Waals surface area contributed by atoms with E-state index in [9.17, 15) is 14.4 Å². The van der Waals surface area contributed by atoms with E-state index in [1.807, 2.05) is 62.9 Å². The van der Waals surface area contributed by atoms with E-state index >= 15 is 0 Å². The van der Waals surface area contributed by atoms with Crippen molar-refractivity contribution in [3.8, 4) is 0 Å². The molecule has 0 amide bonds. The minimum absolute atomic E-state index is 0. The second-order valence-electron chi connectivity index (χ2n) is 12.2. The van der Waals surface area contributed by atoms with Crippen LogP contribution < -0.4 is 10.6 Å². The van der Waals surface area contributed by atoms with Gasteiger partial charge in [-0.3, -0.25) is 14.4 Å². The molecule has 4 aromatic heterocycles. The van der Waals surface area contributed by atoms with Crippen LogP contribution >= 0.6 is 0 Å². The van der Waals surface area contributed by atoms with E-state index in [2.05, 4.69) is 47.5 Å². The standard InChI is InChI=1S/C19H24N4O3.C19H26N4O.2CH4/c1-20-18-8-4-6-16(23-18)5-2-3-7-17(24)9-14(10-19(25)26)15-11-21-13-22-12-15;1-3-15(16-12-21-14-22-13-16)11-18(24)9-5-4-7-17-8-6-10-19(20-2)23-17;;/h4,6,8,11-14H,2-3,5,7,9-10H2,1H3,(H,20,23)(H,25,26);6,8,10,12-15H,3-5,7,9,11H2,1-2H3,(H,20,23);2*1H4. The van der Waals surface area contributed by atoms with Crippen LogP contribution in [0.5, 0.6) is 0 Å². The van der Waals surface area contributed by atoms with Crippen LogP contribution in [0.3, 0.4) is 0 Å². The summed E-state index contributed by atoms with van der Waals surface area (Å²) in [7, 11) is 3.70. The number of pyridine rings is 2. The molecule has 2 unspecified atom stereocenters. The first kappa shape index (κ1) is 44.9. The van der Waals surface area contributed by atoms with Crippen LogP contribution in [0.15, 0.2) is 73.8 Å². The lowest BCUT2D eigenvalue weighted by Crippen LogP contribution is -2.12. The molecule has 4 aromatic rings. The summed E-state index contributed by atoms with van der Waals surface area (Å²) in [6.45, 7) is 2.10. The summed E-state index contributed by atoms with van der Waals surface area (Å²) < 4.78 is 0. The molecule has 0 bridgehead atoms. The number of aliphatic carboxylic acids is 1. The maximum absolute atomic E-state index is 12.3. The average Bonchev–Trinajstić information content (AvgIpc) is 3.15. The van der Waals surface area contributed by atoms with Crippen molar-refractivity contribution in [2.24, 2.45) is 0 Å². The molecule has 0 aromatic carbocycles. The number of hydrogen-bond donors (Lipinski definition) is 3. The van der Waals surface area contributed by atoms with Gasteiger partial charge in [0.2, 0.25) is 0 Å². The predicted octanol–water partition coefficient (Wildman–Crippen LogP) is 7.90. The van der Waals surface area contributed by atoms with Crippen molar-refractivity contribution in [3.63, 3.8) is 0 Å². The van der Waals surface area contributed by atoms with Gasteiger partial charge in [-0.25, -0.2) is 29.9 Å². The molecule has 0 aliphatic rings. The molecule has 0 spiro atoms.